The van der Waals surface area contributed by atoms with E-state index in [4.69, 9.17) is 4.42 Å². The van der Waals surface area contributed by atoms with Crippen LogP contribution >= 0.6 is 0 Å². The lowest BCUT2D eigenvalue weighted by molar-refractivity contribution is 0.608. The average Bonchev–Trinajstić information content (AvgIpc) is 2.91. The number of benzene rings is 2. The van der Waals surface area contributed by atoms with Crippen LogP contribution in [-0.2, 0) is 6.42 Å². The van der Waals surface area contributed by atoms with Gasteiger partial charge in [-0.2, -0.15) is 0 Å². The van der Waals surface area contributed by atoms with Gasteiger partial charge in [-0.05, 0) is 38.1 Å². The number of furan rings is 1. The molecule has 0 aliphatic heterocycles. The van der Waals surface area contributed by atoms with Crippen molar-refractivity contribution in [2.24, 2.45) is 0 Å². The number of hydrogen-bond donors (Lipinski definition) is 1. The highest BCUT2D eigenvalue weighted by Crippen LogP contribution is 2.27. The zero-order chi connectivity index (χ0) is 13.9. The van der Waals surface area contributed by atoms with Crippen LogP contribution in [0.3, 0.4) is 0 Å². The highest BCUT2D eigenvalue weighted by atomic mass is 16.3. The van der Waals surface area contributed by atoms with Crippen molar-refractivity contribution in [1.82, 2.24) is 5.32 Å². The number of rotatable bonds is 4. The standard InChI is InChI=1S/C18H19NO/c1-13(19-2)11-14-7-9-15(10-8-14)18-12-16-5-3-4-6-17(16)20-18/h3-10,12-13,19H,11H2,1-2H3. The summed E-state index contributed by atoms with van der Waals surface area (Å²) in [6.45, 7) is 2.19. The van der Waals surface area contributed by atoms with Crippen LogP contribution in [0, 0.1) is 0 Å². The van der Waals surface area contributed by atoms with E-state index in [9.17, 15) is 0 Å². The molecule has 1 heterocycles. The first-order chi connectivity index (χ1) is 9.76. The van der Waals surface area contributed by atoms with Gasteiger partial charge in [0.05, 0.1) is 0 Å². The zero-order valence-electron chi connectivity index (χ0n) is 11.9. The van der Waals surface area contributed by atoms with Crippen molar-refractivity contribution in [3.8, 4) is 11.3 Å². The SMILES string of the molecule is CNC(C)Cc1ccc(-c2cc3ccccc3o2)cc1. The summed E-state index contributed by atoms with van der Waals surface area (Å²) in [7, 11) is 1.99. The second kappa shape index (κ2) is 5.51. The van der Waals surface area contributed by atoms with Crippen molar-refractivity contribution in [2.75, 3.05) is 7.05 Å². The van der Waals surface area contributed by atoms with E-state index >= 15 is 0 Å². The molecule has 0 fully saturated rings. The lowest BCUT2D eigenvalue weighted by Crippen LogP contribution is -2.23. The topological polar surface area (TPSA) is 25.2 Å². The maximum Gasteiger partial charge on any atom is 0.135 e. The molecule has 20 heavy (non-hydrogen) atoms. The summed E-state index contributed by atoms with van der Waals surface area (Å²) in [6.07, 6.45) is 1.04. The van der Waals surface area contributed by atoms with Gasteiger partial charge in [-0.25, -0.2) is 0 Å². The lowest BCUT2D eigenvalue weighted by Gasteiger charge is -2.09. The fourth-order valence-corrected chi connectivity index (χ4v) is 2.38. The highest BCUT2D eigenvalue weighted by Gasteiger charge is 2.06. The molecule has 2 nitrogen and oxygen atoms in total. The molecule has 0 saturated heterocycles. The molecule has 1 atom stereocenters. The van der Waals surface area contributed by atoms with Gasteiger partial charge in [0, 0.05) is 17.0 Å². The first-order valence-electron chi connectivity index (χ1n) is 7.01. The van der Waals surface area contributed by atoms with Gasteiger partial charge in [-0.15, -0.1) is 0 Å². The third-order valence-corrected chi connectivity index (χ3v) is 3.70. The van der Waals surface area contributed by atoms with Gasteiger partial charge >= 0.3 is 0 Å². The number of para-hydroxylation sites is 1. The Morgan fingerprint density at radius 1 is 1.05 bits per heavy atom. The number of likely N-dealkylation sites (N-methyl/N-ethyl adjacent to an activating group) is 1. The molecular weight excluding hydrogens is 246 g/mol. The van der Waals surface area contributed by atoms with E-state index in [2.05, 4.69) is 48.6 Å². The normalized spacial score (nSPS) is 12.7. The van der Waals surface area contributed by atoms with Crippen LogP contribution in [0.2, 0.25) is 0 Å². The fraction of sp³-hybridized carbons (Fsp3) is 0.222. The zero-order valence-corrected chi connectivity index (χ0v) is 11.9. The largest absolute Gasteiger partial charge is 0.456 e. The molecule has 0 saturated carbocycles. The summed E-state index contributed by atoms with van der Waals surface area (Å²) in [5.41, 5.74) is 3.41. The van der Waals surface area contributed by atoms with Gasteiger partial charge in [0.1, 0.15) is 11.3 Å². The predicted octanol–water partition coefficient (Wildman–Crippen LogP) is 4.25. The van der Waals surface area contributed by atoms with Crippen molar-refractivity contribution < 1.29 is 4.42 Å². The summed E-state index contributed by atoms with van der Waals surface area (Å²) in [5, 5.41) is 4.41. The molecule has 3 rings (SSSR count). The summed E-state index contributed by atoms with van der Waals surface area (Å²) < 4.78 is 5.88. The minimum atomic E-state index is 0.493. The first kappa shape index (κ1) is 12.9. The maximum absolute atomic E-state index is 5.88. The molecule has 1 aromatic heterocycles. The molecule has 0 radical (unpaired) electrons. The number of nitrogens with one attached hydrogen (secondary N) is 1. The Bertz CT molecular complexity index is 664. The summed E-state index contributed by atoms with van der Waals surface area (Å²) in [5.74, 6) is 0.930. The van der Waals surface area contributed by atoms with Gasteiger partial charge in [-0.1, -0.05) is 42.5 Å². The van der Waals surface area contributed by atoms with Gasteiger partial charge in [0.15, 0.2) is 0 Å². The van der Waals surface area contributed by atoms with E-state index in [0.29, 0.717) is 6.04 Å². The minimum absolute atomic E-state index is 0.493. The van der Waals surface area contributed by atoms with Crippen LogP contribution in [0.5, 0.6) is 0 Å². The van der Waals surface area contributed by atoms with E-state index in [1.165, 1.54) is 5.56 Å². The Hall–Kier alpha value is -2.06. The van der Waals surface area contributed by atoms with Crippen LogP contribution in [0.4, 0.5) is 0 Å². The quantitative estimate of drug-likeness (QED) is 0.763. The van der Waals surface area contributed by atoms with Crippen LogP contribution in [-0.4, -0.2) is 13.1 Å². The molecule has 1 N–H and O–H groups in total. The smallest absolute Gasteiger partial charge is 0.135 e. The second-order valence-electron chi connectivity index (χ2n) is 5.24. The third kappa shape index (κ3) is 2.61. The van der Waals surface area contributed by atoms with E-state index in [-0.39, 0.29) is 0 Å². The predicted molar refractivity (Wildman–Crippen MR) is 83.9 cm³/mol. The molecule has 0 bridgehead atoms. The summed E-state index contributed by atoms with van der Waals surface area (Å²) in [6, 6.07) is 19.3. The Kier molecular flexibility index (Phi) is 3.57. The van der Waals surface area contributed by atoms with Crippen LogP contribution < -0.4 is 5.32 Å². The van der Waals surface area contributed by atoms with Crippen molar-refractivity contribution >= 4 is 11.0 Å². The molecule has 0 spiro atoms. The van der Waals surface area contributed by atoms with Crippen LogP contribution in [0.1, 0.15) is 12.5 Å². The Morgan fingerprint density at radius 2 is 1.80 bits per heavy atom. The Morgan fingerprint density at radius 3 is 2.50 bits per heavy atom. The third-order valence-electron chi connectivity index (χ3n) is 3.70. The molecule has 0 aliphatic carbocycles. The van der Waals surface area contributed by atoms with Crippen molar-refractivity contribution in [2.45, 2.75) is 19.4 Å². The maximum atomic E-state index is 5.88. The molecule has 1 unspecified atom stereocenters. The number of fused-ring (bicyclic) bond motifs is 1. The Balaban J connectivity index is 1.86. The van der Waals surface area contributed by atoms with Crippen molar-refractivity contribution in [1.29, 1.82) is 0 Å². The van der Waals surface area contributed by atoms with Crippen molar-refractivity contribution in [3.63, 3.8) is 0 Å². The molecule has 3 aromatic rings. The molecular formula is C18H19NO. The van der Waals surface area contributed by atoms with Gasteiger partial charge in [0.25, 0.3) is 0 Å². The summed E-state index contributed by atoms with van der Waals surface area (Å²) >= 11 is 0. The highest BCUT2D eigenvalue weighted by molar-refractivity contribution is 5.82. The molecule has 0 aliphatic rings. The van der Waals surface area contributed by atoms with E-state index < -0.39 is 0 Å². The van der Waals surface area contributed by atoms with E-state index in [1.807, 2.05) is 25.2 Å². The monoisotopic (exact) mass is 265 g/mol. The minimum Gasteiger partial charge on any atom is -0.456 e. The van der Waals surface area contributed by atoms with E-state index in [1.54, 1.807) is 0 Å². The summed E-state index contributed by atoms with van der Waals surface area (Å²) in [4.78, 5) is 0. The van der Waals surface area contributed by atoms with Crippen LogP contribution in [0.25, 0.3) is 22.3 Å². The molecule has 2 heteroatoms. The Labute approximate surface area is 119 Å². The molecule has 2 aromatic carbocycles. The fourth-order valence-electron chi connectivity index (χ4n) is 2.38. The van der Waals surface area contributed by atoms with Crippen molar-refractivity contribution in [3.05, 3.63) is 60.2 Å². The lowest BCUT2D eigenvalue weighted by atomic mass is 10.0. The van der Waals surface area contributed by atoms with Crippen LogP contribution in [0.15, 0.2) is 59.0 Å². The molecule has 0 amide bonds. The molecule has 102 valence electrons. The van der Waals surface area contributed by atoms with E-state index in [0.717, 1.165) is 28.7 Å². The second-order valence-corrected chi connectivity index (χ2v) is 5.24. The van der Waals surface area contributed by atoms with Gasteiger partial charge < -0.3 is 9.73 Å². The van der Waals surface area contributed by atoms with Gasteiger partial charge in [-0.3, -0.25) is 0 Å². The average molecular weight is 265 g/mol. The first-order valence-corrected chi connectivity index (χ1v) is 7.01. The number of hydrogen-bond acceptors (Lipinski definition) is 2. The van der Waals surface area contributed by atoms with Gasteiger partial charge in [0.2, 0.25) is 0 Å².